The van der Waals surface area contributed by atoms with E-state index in [1.807, 2.05) is 18.2 Å². The lowest BCUT2D eigenvalue weighted by Crippen LogP contribution is -2.17. The molecule has 1 atom stereocenters. The number of aromatic nitrogens is 3. The number of benzene rings is 2. The van der Waals surface area contributed by atoms with Crippen LogP contribution in [0.3, 0.4) is 0 Å². The quantitative estimate of drug-likeness (QED) is 0.337. The van der Waals surface area contributed by atoms with Gasteiger partial charge in [0.25, 0.3) is 0 Å². The molecule has 1 saturated heterocycles. The lowest BCUT2D eigenvalue weighted by molar-refractivity contribution is 0.0807. The summed E-state index contributed by atoms with van der Waals surface area (Å²) in [6.45, 7) is 1.35. The number of hydrogen-bond donors (Lipinski definition) is 2. The van der Waals surface area contributed by atoms with Gasteiger partial charge in [0.1, 0.15) is 17.3 Å². The van der Waals surface area contributed by atoms with Gasteiger partial charge >= 0.3 is 0 Å². The molecule has 2 aromatic heterocycles. The van der Waals surface area contributed by atoms with Crippen molar-refractivity contribution in [2.45, 2.75) is 25.3 Å². The summed E-state index contributed by atoms with van der Waals surface area (Å²) < 4.78 is 61.2. The topological polar surface area (TPSA) is 112 Å². The lowest BCUT2D eigenvalue weighted by Gasteiger charge is -2.18. The van der Waals surface area contributed by atoms with Crippen LogP contribution in [0.5, 0.6) is 0 Å². The number of anilines is 1. The van der Waals surface area contributed by atoms with Gasteiger partial charge in [0.2, 0.25) is 10.0 Å². The molecule has 5 rings (SSSR count). The van der Waals surface area contributed by atoms with Crippen molar-refractivity contribution < 1.29 is 21.9 Å². The fourth-order valence-electron chi connectivity index (χ4n) is 4.96. The van der Waals surface area contributed by atoms with Crippen LogP contribution in [-0.4, -0.2) is 42.7 Å². The zero-order valence-electron chi connectivity index (χ0n) is 22.1. The average molecular weight is 566 g/mol. The van der Waals surface area contributed by atoms with Crippen LogP contribution in [0.4, 0.5) is 14.6 Å². The molecule has 3 N–H and O–H groups in total. The van der Waals surface area contributed by atoms with Crippen LogP contribution in [0.2, 0.25) is 0 Å². The van der Waals surface area contributed by atoms with E-state index < -0.39 is 27.7 Å². The largest absolute Gasteiger partial charge is 0.381 e. The molecule has 0 bridgehead atoms. The summed E-state index contributed by atoms with van der Waals surface area (Å²) in [6, 6.07) is 11.7. The summed E-state index contributed by atoms with van der Waals surface area (Å²) in [7, 11) is -1.84. The number of hydrogen-bond acceptors (Lipinski definition) is 6. The highest BCUT2D eigenvalue weighted by molar-refractivity contribution is 7.92. The van der Waals surface area contributed by atoms with Gasteiger partial charge in [0, 0.05) is 48.8 Å². The molecule has 2 aromatic carbocycles. The summed E-state index contributed by atoms with van der Waals surface area (Å²) in [4.78, 5) is 4.82. The van der Waals surface area contributed by atoms with Crippen LogP contribution < -0.4 is 10.5 Å². The molecule has 11 heteroatoms. The molecule has 0 saturated carbocycles. The summed E-state index contributed by atoms with van der Waals surface area (Å²) in [5, 5.41) is 4.98. The standard InChI is InChI=1S/C29H29F2N5O3S/c1-36-28-24(4-3-5-25(28)29(34-36)35-40(2,37)38)23-9-8-22(7-6-18-10-12-39-13-11-18)33-27(23)26(32)16-19-14-20(30)17-21(31)15-19/h3-5,8-9,14-15,17-18,26H,10-13,16,32H2,1-2H3,(H,34,35). The van der Waals surface area contributed by atoms with Crippen molar-refractivity contribution in [3.63, 3.8) is 0 Å². The zero-order chi connectivity index (χ0) is 28.4. The molecule has 0 radical (unpaired) electrons. The van der Waals surface area contributed by atoms with Gasteiger partial charge in [-0.25, -0.2) is 22.2 Å². The second-order valence-corrected chi connectivity index (χ2v) is 11.7. The number of rotatable bonds is 6. The number of pyridine rings is 1. The van der Waals surface area contributed by atoms with Crippen LogP contribution in [-0.2, 0) is 28.2 Å². The molecule has 40 heavy (non-hydrogen) atoms. The SMILES string of the molecule is Cn1nc(NS(C)(=O)=O)c2cccc(-c3ccc(C#CC4CCOCC4)nc3C(N)Cc3cc(F)cc(F)c3)c21. The number of para-hydroxylation sites is 1. The van der Waals surface area contributed by atoms with Gasteiger partial charge in [-0.05, 0) is 61.1 Å². The normalized spacial score (nSPS) is 15.0. The van der Waals surface area contributed by atoms with Crippen molar-refractivity contribution in [2.75, 3.05) is 24.2 Å². The molecular formula is C29H29F2N5O3S. The predicted molar refractivity (Wildman–Crippen MR) is 150 cm³/mol. The third kappa shape index (κ3) is 6.31. The van der Waals surface area contributed by atoms with E-state index in [9.17, 15) is 17.2 Å². The molecule has 1 aliphatic heterocycles. The summed E-state index contributed by atoms with van der Waals surface area (Å²) in [5.74, 6) is 5.49. The van der Waals surface area contributed by atoms with E-state index in [0.717, 1.165) is 30.7 Å². The first-order chi connectivity index (χ1) is 19.1. The van der Waals surface area contributed by atoms with E-state index >= 15 is 0 Å². The lowest BCUT2D eigenvalue weighted by atomic mass is 9.94. The number of halogens is 2. The van der Waals surface area contributed by atoms with Gasteiger partial charge < -0.3 is 10.5 Å². The summed E-state index contributed by atoms with van der Waals surface area (Å²) >= 11 is 0. The Morgan fingerprint density at radius 2 is 1.85 bits per heavy atom. The molecule has 1 aliphatic rings. The molecule has 208 valence electrons. The highest BCUT2D eigenvalue weighted by Gasteiger charge is 2.21. The molecule has 0 amide bonds. The average Bonchev–Trinajstić information content (AvgIpc) is 3.21. The predicted octanol–water partition coefficient (Wildman–Crippen LogP) is 4.31. The Morgan fingerprint density at radius 3 is 2.55 bits per heavy atom. The third-order valence-corrected chi connectivity index (χ3v) is 7.28. The van der Waals surface area contributed by atoms with Gasteiger partial charge in [0.05, 0.1) is 23.5 Å². The van der Waals surface area contributed by atoms with Crippen LogP contribution in [0.15, 0.2) is 48.5 Å². The van der Waals surface area contributed by atoms with Crippen molar-refractivity contribution >= 4 is 26.7 Å². The maximum Gasteiger partial charge on any atom is 0.231 e. The van der Waals surface area contributed by atoms with Crippen molar-refractivity contribution in [3.05, 3.63) is 77.1 Å². The van der Waals surface area contributed by atoms with E-state index in [2.05, 4.69) is 21.7 Å². The number of sulfonamides is 1. The maximum atomic E-state index is 13.9. The number of nitrogens with one attached hydrogen (secondary N) is 1. The van der Waals surface area contributed by atoms with Gasteiger partial charge in [-0.1, -0.05) is 18.1 Å². The molecule has 0 aliphatic carbocycles. The Hall–Kier alpha value is -3.85. The van der Waals surface area contributed by atoms with E-state index in [1.54, 1.807) is 23.9 Å². The second kappa shape index (κ2) is 11.3. The zero-order valence-corrected chi connectivity index (χ0v) is 22.9. The van der Waals surface area contributed by atoms with Crippen LogP contribution in [0.25, 0.3) is 22.0 Å². The molecule has 1 unspecified atom stereocenters. The second-order valence-electron chi connectivity index (χ2n) is 9.92. The Kier molecular flexibility index (Phi) is 7.85. The van der Waals surface area contributed by atoms with Crippen LogP contribution in [0, 0.1) is 29.4 Å². The van der Waals surface area contributed by atoms with Gasteiger partial charge in [-0.15, -0.1) is 0 Å². The summed E-state index contributed by atoms with van der Waals surface area (Å²) in [5.41, 5.74) is 10.2. The molecule has 1 fully saturated rings. The van der Waals surface area contributed by atoms with Crippen LogP contribution >= 0.6 is 0 Å². The van der Waals surface area contributed by atoms with Crippen LogP contribution in [0.1, 0.15) is 35.8 Å². The van der Waals surface area contributed by atoms with Gasteiger partial charge in [-0.2, -0.15) is 5.10 Å². The van der Waals surface area contributed by atoms with E-state index in [-0.39, 0.29) is 18.2 Å². The van der Waals surface area contributed by atoms with Gasteiger partial charge in [-0.3, -0.25) is 9.40 Å². The van der Waals surface area contributed by atoms with Crippen molar-refractivity contribution in [3.8, 4) is 23.0 Å². The first kappa shape index (κ1) is 27.7. The Labute approximate surface area is 231 Å². The summed E-state index contributed by atoms with van der Waals surface area (Å²) in [6.07, 6.45) is 2.91. The van der Waals surface area contributed by atoms with Crippen molar-refractivity contribution in [1.82, 2.24) is 14.8 Å². The highest BCUT2D eigenvalue weighted by Crippen LogP contribution is 2.36. The number of fused-ring (bicyclic) bond motifs is 1. The number of aryl methyl sites for hydroxylation is 1. The molecule has 0 spiro atoms. The van der Waals surface area contributed by atoms with E-state index in [0.29, 0.717) is 46.6 Å². The Balaban J connectivity index is 1.61. The van der Waals surface area contributed by atoms with E-state index in [4.69, 9.17) is 15.5 Å². The Morgan fingerprint density at radius 1 is 1.12 bits per heavy atom. The number of nitrogens with zero attached hydrogens (tertiary/aromatic N) is 3. The fraction of sp³-hybridized carbons (Fsp3) is 0.310. The Bertz CT molecular complexity index is 1720. The first-order valence-electron chi connectivity index (χ1n) is 12.8. The minimum absolute atomic E-state index is 0.133. The highest BCUT2D eigenvalue weighted by atomic mass is 32.2. The molecule has 4 aromatic rings. The third-order valence-electron chi connectivity index (χ3n) is 6.72. The molecular weight excluding hydrogens is 536 g/mol. The number of nitrogens with two attached hydrogens (primary N) is 1. The van der Waals surface area contributed by atoms with Crippen molar-refractivity contribution in [2.24, 2.45) is 18.7 Å². The monoisotopic (exact) mass is 565 g/mol. The number of ether oxygens (including phenoxy) is 1. The maximum absolute atomic E-state index is 13.9. The van der Waals surface area contributed by atoms with Crippen molar-refractivity contribution in [1.29, 1.82) is 0 Å². The molecule has 8 nitrogen and oxygen atoms in total. The van der Waals surface area contributed by atoms with E-state index in [1.165, 1.54) is 12.1 Å². The molecule has 3 heterocycles. The van der Waals surface area contributed by atoms with Gasteiger partial charge in [0.15, 0.2) is 5.82 Å². The fourth-order valence-corrected chi connectivity index (χ4v) is 5.46. The minimum atomic E-state index is -3.56. The minimum Gasteiger partial charge on any atom is -0.381 e. The smallest absolute Gasteiger partial charge is 0.231 e. The first-order valence-corrected chi connectivity index (χ1v) is 14.7.